The van der Waals surface area contributed by atoms with Crippen LogP contribution in [0.4, 0.5) is 0 Å². The SMILES string of the molecule is CCC(C)C1CN(C(C)c2ncc(C)o2)C(C(C)C)CN1. The van der Waals surface area contributed by atoms with Crippen LogP contribution in [0.1, 0.15) is 58.7 Å². The van der Waals surface area contributed by atoms with E-state index in [1.54, 1.807) is 0 Å². The van der Waals surface area contributed by atoms with Crippen molar-refractivity contribution >= 4 is 0 Å². The van der Waals surface area contributed by atoms with Crippen LogP contribution in [-0.4, -0.2) is 35.1 Å². The Morgan fingerprint density at radius 3 is 2.62 bits per heavy atom. The van der Waals surface area contributed by atoms with E-state index in [4.69, 9.17) is 4.42 Å². The van der Waals surface area contributed by atoms with E-state index < -0.39 is 0 Å². The Morgan fingerprint density at radius 2 is 2.10 bits per heavy atom. The molecule has 1 saturated heterocycles. The summed E-state index contributed by atoms with van der Waals surface area (Å²) < 4.78 is 5.78. The number of piperazine rings is 1. The van der Waals surface area contributed by atoms with Gasteiger partial charge in [-0.05, 0) is 25.7 Å². The molecule has 120 valence electrons. The molecule has 1 aromatic rings. The van der Waals surface area contributed by atoms with Gasteiger partial charge in [0.15, 0.2) is 0 Å². The van der Waals surface area contributed by atoms with Crippen molar-refractivity contribution in [3.8, 4) is 0 Å². The number of aryl methyl sites for hydroxylation is 1. The largest absolute Gasteiger partial charge is 0.444 e. The van der Waals surface area contributed by atoms with Crippen LogP contribution >= 0.6 is 0 Å². The van der Waals surface area contributed by atoms with Crippen LogP contribution in [0.2, 0.25) is 0 Å². The van der Waals surface area contributed by atoms with E-state index in [0.29, 0.717) is 23.9 Å². The number of rotatable bonds is 5. The van der Waals surface area contributed by atoms with Crippen molar-refractivity contribution in [3.63, 3.8) is 0 Å². The predicted octanol–water partition coefficient (Wildman–Crippen LogP) is 3.39. The number of hydrogen-bond acceptors (Lipinski definition) is 4. The monoisotopic (exact) mass is 293 g/mol. The van der Waals surface area contributed by atoms with Gasteiger partial charge in [-0.1, -0.05) is 34.1 Å². The first kappa shape index (κ1) is 16.5. The van der Waals surface area contributed by atoms with Crippen molar-refractivity contribution < 1.29 is 4.42 Å². The molecule has 21 heavy (non-hydrogen) atoms. The van der Waals surface area contributed by atoms with Gasteiger partial charge in [0.2, 0.25) is 5.89 Å². The Labute approximate surface area is 129 Å². The van der Waals surface area contributed by atoms with Crippen LogP contribution in [0.15, 0.2) is 10.6 Å². The molecular weight excluding hydrogens is 262 g/mol. The minimum absolute atomic E-state index is 0.236. The summed E-state index contributed by atoms with van der Waals surface area (Å²) in [6.07, 6.45) is 3.04. The quantitative estimate of drug-likeness (QED) is 0.903. The molecule has 1 aliphatic heterocycles. The van der Waals surface area contributed by atoms with Gasteiger partial charge in [-0.2, -0.15) is 0 Å². The summed E-state index contributed by atoms with van der Waals surface area (Å²) in [6.45, 7) is 15.5. The fourth-order valence-electron chi connectivity index (χ4n) is 3.25. The molecule has 1 aromatic heterocycles. The molecule has 4 nitrogen and oxygen atoms in total. The van der Waals surface area contributed by atoms with Crippen LogP contribution in [0.25, 0.3) is 0 Å². The minimum Gasteiger partial charge on any atom is -0.444 e. The third kappa shape index (κ3) is 3.67. The van der Waals surface area contributed by atoms with Crippen LogP contribution in [0.5, 0.6) is 0 Å². The van der Waals surface area contributed by atoms with Crippen LogP contribution in [-0.2, 0) is 0 Å². The lowest BCUT2D eigenvalue weighted by Crippen LogP contribution is -2.60. The zero-order valence-corrected chi connectivity index (χ0v) is 14.4. The first-order valence-corrected chi connectivity index (χ1v) is 8.35. The fraction of sp³-hybridized carbons (Fsp3) is 0.824. The van der Waals surface area contributed by atoms with Gasteiger partial charge in [-0.3, -0.25) is 4.90 Å². The molecule has 1 N–H and O–H groups in total. The van der Waals surface area contributed by atoms with Gasteiger partial charge < -0.3 is 9.73 Å². The van der Waals surface area contributed by atoms with E-state index in [-0.39, 0.29) is 6.04 Å². The molecule has 4 heteroatoms. The molecule has 0 bridgehead atoms. The highest BCUT2D eigenvalue weighted by atomic mass is 16.4. The maximum absolute atomic E-state index is 5.78. The molecule has 0 saturated carbocycles. The Bertz CT molecular complexity index is 443. The molecule has 0 aliphatic carbocycles. The summed E-state index contributed by atoms with van der Waals surface area (Å²) in [5.41, 5.74) is 0. The van der Waals surface area contributed by atoms with Gasteiger partial charge in [-0.25, -0.2) is 4.98 Å². The van der Waals surface area contributed by atoms with Gasteiger partial charge in [0.05, 0.1) is 12.2 Å². The van der Waals surface area contributed by atoms with Crippen molar-refractivity contribution in [2.45, 2.75) is 66.1 Å². The molecule has 2 rings (SSSR count). The molecular formula is C17H31N3O. The second-order valence-corrected chi connectivity index (χ2v) is 6.89. The molecule has 4 unspecified atom stereocenters. The summed E-state index contributed by atoms with van der Waals surface area (Å²) in [6, 6.07) is 1.33. The highest BCUT2D eigenvalue weighted by molar-refractivity contribution is 5.00. The minimum atomic E-state index is 0.236. The maximum Gasteiger partial charge on any atom is 0.211 e. The van der Waals surface area contributed by atoms with Gasteiger partial charge in [0.1, 0.15) is 5.76 Å². The van der Waals surface area contributed by atoms with Crippen molar-refractivity contribution in [2.75, 3.05) is 13.1 Å². The Balaban J connectivity index is 2.17. The van der Waals surface area contributed by atoms with Gasteiger partial charge in [0, 0.05) is 25.2 Å². The van der Waals surface area contributed by atoms with Crippen molar-refractivity contribution in [1.29, 1.82) is 0 Å². The number of aromatic nitrogens is 1. The summed E-state index contributed by atoms with van der Waals surface area (Å²) in [5, 5.41) is 3.75. The van der Waals surface area contributed by atoms with E-state index in [0.717, 1.165) is 24.7 Å². The van der Waals surface area contributed by atoms with Crippen LogP contribution < -0.4 is 5.32 Å². The molecule has 1 aliphatic rings. The third-order valence-electron chi connectivity index (χ3n) is 5.02. The topological polar surface area (TPSA) is 41.3 Å². The lowest BCUT2D eigenvalue weighted by Gasteiger charge is -2.46. The lowest BCUT2D eigenvalue weighted by atomic mass is 9.91. The van der Waals surface area contributed by atoms with Crippen LogP contribution in [0.3, 0.4) is 0 Å². The second-order valence-electron chi connectivity index (χ2n) is 6.89. The first-order valence-electron chi connectivity index (χ1n) is 8.35. The smallest absolute Gasteiger partial charge is 0.211 e. The number of nitrogens with one attached hydrogen (secondary N) is 1. The van der Waals surface area contributed by atoms with E-state index in [1.807, 2.05) is 13.1 Å². The number of hydrogen-bond donors (Lipinski definition) is 1. The van der Waals surface area contributed by atoms with Crippen molar-refractivity contribution in [3.05, 3.63) is 17.8 Å². The predicted molar refractivity (Wildman–Crippen MR) is 86.2 cm³/mol. The molecule has 1 fully saturated rings. The van der Waals surface area contributed by atoms with Crippen molar-refractivity contribution in [2.24, 2.45) is 11.8 Å². The van der Waals surface area contributed by atoms with Gasteiger partial charge in [0.25, 0.3) is 0 Å². The highest BCUT2D eigenvalue weighted by Gasteiger charge is 2.36. The van der Waals surface area contributed by atoms with Crippen LogP contribution in [0, 0.1) is 18.8 Å². The molecule has 0 aromatic carbocycles. The first-order chi connectivity index (χ1) is 9.93. The van der Waals surface area contributed by atoms with Gasteiger partial charge >= 0.3 is 0 Å². The van der Waals surface area contributed by atoms with E-state index in [1.165, 1.54) is 6.42 Å². The summed E-state index contributed by atoms with van der Waals surface area (Å²) in [5.74, 6) is 3.06. The maximum atomic E-state index is 5.78. The zero-order chi connectivity index (χ0) is 15.6. The average molecular weight is 293 g/mol. The zero-order valence-electron chi connectivity index (χ0n) is 14.4. The second kappa shape index (κ2) is 6.93. The summed E-state index contributed by atoms with van der Waals surface area (Å²) in [7, 11) is 0. The Hall–Kier alpha value is -0.870. The van der Waals surface area contributed by atoms with E-state index in [2.05, 4.69) is 49.8 Å². The standard InChI is InChI=1S/C17H31N3O/c1-7-12(4)15-10-20(16(9-18-15)11(2)3)14(6)17-19-8-13(5)21-17/h8,11-12,14-16,18H,7,9-10H2,1-6H3. The molecule has 0 amide bonds. The highest BCUT2D eigenvalue weighted by Crippen LogP contribution is 2.29. The van der Waals surface area contributed by atoms with Crippen molar-refractivity contribution in [1.82, 2.24) is 15.2 Å². The van der Waals surface area contributed by atoms with Gasteiger partial charge in [-0.15, -0.1) is 0 Å². The van der Waals surface area contributed by atoms with E-state index >= 15 is 0 Å². The normalized spacial score (nSPS) is 27.0. The molecule has 4 atom stereocenters. The molecule has 2 heterocycles. The summed E-state index contributed by atoms with van der Waals surface area (Å²) in [4.78, 5) is 7.03. The molecule has 0 spiro atoms. The Kier molecular flexibility index (Phi) is 5.44. The number of oxazole rings is 1. The number of nitrogens with zero attached hydrogens (tertiary/aromatic N) is 2. The molecule has 0 radical (unpaired) electrons. The fourth-order valence-corrected chi connectivity index (χ4v) is 3.25. The van der Waals surface area contributed by atoms with E-state index in [9.17, 15) is 0 Å². The Morgan fingerprint density at radius 1 is 1.38 bits per heavy atom. The third-order valence-corrected chi connectivity index (χ3v) is 5.02. The summed E-state index contributed by atoms with van der Waals surface area (Å²) >= 11 is 0. The average Bonchev–Trinajstić information content (AvgIpc) is 2.91. The lowest BCUT2D eigenvalue weighted by molar-refractivity contribution is 0.0388.